The molecule has 0 aromatic heterocycles. The number of nitrogens with one attached hydrogen (secondary N) is 1. The minimum Gasteiger partial charge on any atom is -0.465 e. The molecule has 24 heavy (non-hydrogen) atoms. The van der Waals surface area contributed by atoms with Gasteiger partial charge in [-0.1, -0.05) is 30.3 Å². The van der Waals surface area contributed by atoms with Crippen LogP contribution in [0.2, 0.25) is 0 Å². The van der Waals surface area contributed by atoms with E-state index in [0.29, 0.717) is 0 Å². The molecule has 1 aliphatic rings. The molecule has 6 heteroatoms. The van der Waals surface area contributed by atoms with E-state index in [-0.39, 0.29) is 16.5 Å². The highest BCUT2D eigenvalue weighted by Gasteiger charge is 2.26. The molecule has 1 aliphatic carbocycles. The lowest BCUT2D eigenvalue weighted by molar-refractivity contribution is 0.0600. The van der Waals surface area contributed by atoms with Crippen molar-refractivity contribution < 1.29 is 17.9 Å². The second-order valence-electron chi connectivity index (χ2n) is 5.78. The van der Waals surface area contributed by atoms with Gasteiger partial charge in [-0.3, -0.25) is 0 Å². The zero-order valence-corrected chi connectivity index (χ0v) is 14.2. The van der Waals surface area contributed by atoms with Gasteiger partial charge >= 0.3 is 5.97 Å². The van der Waals surface area contributed by atoms with E-state index in [1.807, 2.05) is 24.3 Å². The lowest BCUT2D eigenvalue weighted by Crippen LogP contribution is -2.31. The lowest BCUT2D eigenvalue weighted by Gasteiger charge is -2.26. The zero-order valence-electron chi connectivity index (χ0n) is 13.4. The van der Waals surface area contributed by atoms with E-state index in [2.05, 4.69) is 9.46 Å². The smallest absolute Gasteiger partial charge is 0.337 e. The van der Waals surface area contributed by atoms with Crippen LogP contribution in [-0.2, 0) is 21.2 Å². The summed E-state index contributed by atoms with van der Waals surface area (Å²) in [5, 5.41) is 0. The second kappa shape index (κ2) is 6.75. The van der Waals surface area contributed by atoms with Crippen molar-refractivity contribution >= 4 is 16.0 Å². The van der Waals surface area contributed by atoms with Crippen LogP contribution in [0.15, 0.2) is 53.4 Å². The molecular weight excluding hydrogens is 326 g/mol. The molecule has 0 aliphatic heterocycles. The summed E-state index contributed by atoms with van der Waals surface area (Å²) in [5.74, 6) is -0.560. The number of fused-ring (bicyclic) bond motifs is 1. The van der Waals surface area contributed by atoms with Gasteiger partial charge in [-0.15, -0.1) is 0 Å². The Morgan fingerprint density at radius 3 is 2.75 bits per heavy atom. The lowest BCUT2D eigenvalue weighted by atomic mass is 9.88. The van der Waals surface area contributed by atoms with Crippen LogP contribution in [0.4, 0.5) is 0 Å². The molecule has 0 saturated carbocycles. The van der Waals surface area contributed by atoms with Crippen molar-refractivity contribution in [1.29, 1.82) is 0 Å². The molecule has 5 nitrogen and oxygen atoms in total. The van der Waals surface area contributed by atoms with E-state index >= 15 is 0 Å². The van der Waals surface area contributed by atoms with Crippen LogP contribution in [0.3, 0.4) is 0 Å². The van der Waals surface area contributed by atoms with Crippen LogP contribution in [0.25, 0.3) is 0 Å². The van der Waals surface area contributed by atoms with Crippen molar-refractivity contribution in [2.24, 2.45) is 0 Å². The molecule has 2 aromatic rings. The van der Waals surface area contributed by atoms with Gasteiger partial charge in [0, 0.05) is 6.04 Å². The summed E-state index contributed by atoms with van der Waals surface area (Å²) in [5.41, 5.74) is 2.42. The summed E-state index contributed by atoms with van der Waals surface area (Å²) in [6.45, 7) is 0. The Kier molecular flexibility index (Phi) is 4.69. The zero-order chi connectivity index (χ0) is 17.2. The van der Waals surface area contributed by atoms with Crippen LogP contribution in [0.1, 0.15) is 40.4 Å². The molecule has 126 valence electrons. The van der Waals surface area contributed by atoms with Crippen molar-refractivity contribution in [1.82, 2.24) is 4.72 Å². The molecule has 0 amide bonds. The SMILES string of the molecule is COC(=O)c1cccc(S(=O)(=O)NC2CCCc3ccccc32)c1. The number of hydrogen-bond donors (Lipinski definition) is 1. The number of carbonyl (C=O) groups is 1. The highest BCUT2D eigenvalue weighted by Crippen LogP contribution is 2.30. The average Bonchev–Trinajstić information content (AvgIpc) is 2.61. The van der Waals surface area contributed by atoms with Crippen LogP contribution in [-0.4, -0.2) is 21.5 Å². The summed E-state index contributed by atoms with van der Waals surface area (Å²) in [7, 11) is -2.46. The fraction of sp³-hybridized carbons (Fsp3) is 0.278. The van der Waals surface area contributed by atoms with Crippen LogP contribution < -0.4 is 4.72 Å². The first-order valence-electron chi connectivity index (χ1n) is 7.80. The van der Waals surface area contributed by atoms with Crippen LogP contribution >= 0.6 is 0 Å². The van der Waals surface area contributed by atoms with Gasteiger partial charge in [-0.05, 0) is 48.6 Å². The van der Waals surface area contributed by atoms with Gasteiger partial charge in [0.2, 0.25) is 10.0 Å². The standard InChI is InChI=1S/C18H19NO4S/c1-23-18(20)14-8-4-9-15(12-14)24(21,22)19-17-11-5-7-13-6-2-3-10-16(13)17/h2-4,6,8-10,12,17,19H,5,7,11H2,1H3. The summed E-state index contributed by atoms with van der Waals surface area (Å²) in [6, 6.07) is 13.5. The first kappa shape index (κ1) is 16.7. The number of benzene rings is 2. The van der Waals surface area contributed by atoms with Crippen LogP contribution in [0, 0.1) is 0 Å². The third-order valence-electron chi connectivity index (χ3n) is 4.23. The Morgan fingerprint density at radius 2 is 1.96 bits per heavy atom. The highest BCUT2D eigenvalue weighted by molar-refractivity contribution is 7.89. The molecule has 1 unspecified atom stereocenters. The monoisotopic (exact) mass is 345 g/mol. The number of ether oxygens (including phenoxy) is 1. The van der Waals surface area contributed by atoms with Crippen LogP contribution in [0.5, 0.6) is 0 Å². The van der Waals surface area contributed by atoms with E-state index in [1.54, 1.807) is 0 Å². The molecule has 3 rings (SSSR count). The van der Waals surface area contributed by atoms with Gasteiger partial charge in [0.25, 0.3) is 0 Å². The van der Waals surface area contributed by atoms with Crippen molar-refractivity contribution in [3.05, 3.63) is 65.2 Å². The van der Waals surface area contributed by atoms with Crippen molar-refractivity contribution in [3.8, 4) is 0 Å². The number of sulfonamides is 1. The Bertz CT molecular complexity index is 861. The topological polar surface area (TPSA) is 72.5 Å². The minimum atomic E-state index is -3.72. The Labute approximate surface area is 141 Å². The summed E-state index contributed by atoms with van der Waals surface area (Å²) < 4.78 is 32.8. The molecule has 1 atom stereocenters. The first-order chi connectivity index (χ1) is 11.5. The summed E-state index contributed by atoms with van der Waals surface area (Å²) in [4.78, 5) is 11.7. The van der Waals surface area contributed by atoms with Crippen molar-refractivity contribution in [3.63, 3.8) is 0 Å². The number of methoxy groups -OCH3 is 1. The molecule has 0 spiro atoms. The molecule has 1 N–H and O–H groups in total. The normalized spacial score (nSPS) is 17.1. The fourth-order valence-electron chi connectivity index (χ4n) is 3.04. The van der Waals surface area contributed by atoms with Gasteiger partial charge in [0.05, 0.1) is 17.6 Å². The largest absolute Gasteiger partial charge is 0.465 e. The predicted octanol–water partition coefficient (Wildman–Crippen LogP) is 2.83. The maximum absolute atomic E-state index is 12.7. The number of carbonyl (C=O) groups excluding carboxylic acids is 1. The van der Waals surface area contributed by atoms with Crippen molar-refractivity contribution in [2.75, 3.05) is 7.11 Å². The molecule has 0 heterocycles. The molecule has 0 radical (unpaired) electrons. The summed E-state index contributed by atoms with van der Waals surface area (Å²) in [6.07, 6.45) is 2.66. The second-order valence-corrected chi connectivity index (χ2v) is 7.50. The van der Waals surface area contributed by atoms with Gasteiger partial charge in [0.15, 0.2) is 0 Å². The highest BCUT2D eigenvalue weighted by atomic mass is 32.2. The van der Waals surface area contributed by atoms with E-state index in [4.69, 9.17) is 0 Å². The van der Waals surface area contributed by atoms with Gasteiger partial charge < -0.3 is 4.74 Å². The molecule has 0 fully saturated rings. The minimum absolute atomic E-state index is 0.0634. The molecule has 2 aromatic carbocycles. The van der Waals surface area contributed by atoms with E-state index in [0.717, 1.165) is 24.8 Å². The molecule has 0 saturated heterocycles. The molecule has 0 bridgehead atoms. The summed E-state index contributed by atoms with van der Waals surface area (Å²) >= 11 is 0. The third-order valence-corrected chi connectivity index (χ3v) is 5.70. The van der Waals surface area contributed by atoms with E-state index in [9.17, 15) is 13.2 Å². The van der Waals surface area contributed by atoms with Gasteiger partial charge in [0.1, 0.15) is 0 Å². The first-order valence-corrected chi connectivity index (χ1v) is 9.28. The fourth-order valence-corrected chi connectivity index (χ4v) is 4.34. The maximum atomic E-state index is 12.7. The Balaban J connectivity index is 1.89. The van der Waals surface area contributed by atoms with Gasteiger partial charge in [-0.2, -0.15) is 0 Å². The number of esters is 1. The number of aryl methyl sites for hydroxylation is 1. The molecular formula is C18H19NO4S. The van der Waals surface area contributed by atoms with E-state index < -0.39 is 16.0 Å². The number of rotatable bonds is 4. The van der Waals surface area contributed by atoms with Gasteiger partial charge in [-0.25, -0.2) is 17.9 Å². The average molecular weight is 345 g/mol. The number of hydrogen-bond acceptors (Lipinski definition) is 4. The van der Waals surface area contributed by atoms with E-state index in [1.165, 1.54) is 36.9 Å². The van der Waals surface area contributed by atoms with Crippen molar-refractivity contribution in [2.45, 2.75) is 30.2 Å². The Morgan fingerprint density at radius 1 is 1.17 bits per heavy atom. The predicted molar refractivity (Wildman–Crippen MR) is 90.2 cm³/mol. The third kappa shape index (κ3) is 3.34. The maximum Gasteiger partial charge on any atom is 0.337 e. The Hall–Kier alpha value is -2.18. The quantitative estimate of drug-likeness (QED) is 0.865.